The van der Waals surface area contributed by atoms with Crippen LogP contribution in [0.25, 0.3) is 0 Å². The number of ether oxygens (including phenoxy) is 1. The first-order valence-corrected chi connectivity index (χ1v) is 12.3. The fraction of sp³-hybridized carbons (Fsp3) is 0.667. The van der Waals surface area contributed by atoms with Crippen molar-refractivity contribution in [3.05, 3.63) is 27.5 Å². The first-order valence-electron chi connectivity index (χ1n) is 11.6. The quantitative estimate of drug-likeness (QED) is 0.419. The summed E-state index contributed by atoms with van der Waals surface area (Å²) in [7, 11) is 0. The number of hydrogen-bond donors (Lipinski definition) is 3. The Labute approximate surface area is 207 Å². The number of carbonyl (C=O) groups is 2. The largest absolute Gasteiger partial charge is 0.505 e. The predicted octanol–water partition coefficient (Wildman–Crippen LogP) is 5.97. The number of rotatable bonds is 5. The lowest BCUT2D eigenvalue weighted by Crippen LogP contribution is -2.52. The normalized spacial score (nSPS) is 31.0. The molecule has 3 N–H and O–H groups in total. The van der Waals surface area contributed by atoms with E-state index in [9.17, 15) is 14.7 Å². The SMILES string of the molecule is CC(C)(C)OC(=O)NC1CC(C(=O)N[C@H](c2c(F)c(O)cc(Cl)c2Cl)C23CCC(F)(CC2)C3)C1. The molecule has 2 amide bonds. The molecule has 10 heteroatoms. The maximum atomic E-state index is 15.2. The molecule has 3 aliphatic carbocycles. The molecule has 3 fully saturated rings. The molecule has 3 saturated carbocycles. The second-order valence-electron chi connectivity index (χ2n) is 11.1. The number of carbonyl (C=O) groups excluding carboxylic acids is 2. The van der Waals surface area contributed by atoms with Gasteiger partial charge in [-0.05, 0) is 71.1 Å². The molecule has 0 aromatic heterocycles. The Balaban J connectivity index is 1.52. The molecule has 34 heavy (non-hydrogen) atoms. The van der Waals surface area contributed by atoms with E-state index in [0.717, 1.165) is 6.07 Å². The summed E-state index contributed by atoms with van der Waals surface area (Å²) in [6.45, 7) is 5.29. The van der Waals surface area contributed by atoms with Gasteiger partial charge in [-0.2, -0.15) is 0 Å². The molecule has 188 valence electrons. The third-order valence-electron chi connectivity index (χ3n) is 7.40. The Hall–Kier alpha value is -1.80. The van der Waals surface area contributed by atoms with Gasteiger partial charge in [-0.15, -0.1) is 0 Å². The molecular weight excluding hydrogens is 489 g/mol. The highest BCUT2D eigenvalue weighted by Gasteiger charge is 2.59. The van der Waals surface area contributed by atoms with Crippen molar-refractivity contribution in [2.45, 2.75) is 89.1 Å². The summed E-state index contributed by atoms with van der Waals surface area (Å²) in [5.74, 6) is -2.38. The topological polar surface area (TPSA) is 87.7 Å². The number of benzene rings is 1. The highest BCUT2D eigenvalue weighted by Crippen LogP contribution is 2.64. The zero-order chi connectivity index (χ0) is 25.1. The van der Waals surface area contributed by atoms with Gasteiger partial charge in [-0.1, -0.05) is 23.2 Å². The Bertz CT molecular complexity index is 973. The Kier molecular flexibility index (Phi) is 6.47. The van der Waals surface area contributed by atoms with E-state index in [4.69, 9.17) is 27.9 Å². The molecule has 1 atom stereocenters. The fourth-order valence-electron chi connectivity index (χ4n) is 5.65. The summed E-state index contributed by atoms with van der Waals surface area (Å²) in [6, 6.07) is -0.134. The summed E-state index contributed by atoms with van der Waals surface area (Å²) in [6.07, 6.45) is 2.02. The van der Waals surface area contributed by atoms with E-state index in [1.54, 1.807) is 20.8 Å². The number of nitrogens with one attached hydrogen (secondary N) is 2. The fourth-order valence-corrected chi connectivity index (χ4v) is 6.10. The first-order chi connectivity index (χ1) is 15.7. The summed E-state index contributed by atoms with van der Waals surface area (Å²) < 4.78 is 35.5. The third-order valence-corrected chi connectivity index (χ3v) is 8.20. The van der Waals surface area contributed by atoms with Crippen molar-refractivity contribution in [2.75, 3.05) is 0 Å². The van der Waals surface area contributed by atoms with Crippen LogP contribution in [0.1, 0.15) is 77.3 Å². The summed E-state index contributed by atoms with van der Waals surface area (Å²) in [4.78, 5) is 25.1. The zero-order valence-corrected chi connectivity index (χ0v) is 21.0. The highest BCUT2D eigenvalue weighted by atomic mass is 35.5. The van der Waals surface area contributed by atoms with Crippen LogP contribution in [-0.2, 0) is 9.53 Å². The molecule has 0 spiro atoms. The van der Waals surface area contributed by atoms with E-state index in [2.05, 4.69) is 10.6 Å². The minimum Gasteiger partial charge on any atom is -0.505 e. The minimum atomic E-state index is -1.34. The predicted molar refractivity (Wildman–Crippen MR) is 124 cm³/mol. The maximum absolute atomic E-state index is 15.2. The number of aromatic hydroxyl groups is 1. The Morgan fingerprint density at radius 2 is 1.82 bits per heavy atom. The van der Waals surface area contributed by atoms with E-state index in [1.165, 1.54) is 0 Å². The summed E-state index contributed by atoms with van der Waals surface area (Å²) >= 11 is 12.5. The molecule has 1 aromatic rings. The number of halogens is 4. The summed E-state index contributed by atoms with van der Waals surface area (Å²) in [5, 5.41) is 15.6. The Morgan fingerprint density at radius 3 is 2.35 bits per heavy atom. The van der Waals surface area contributed by atoms with Crippen LogP contribution in [0.15, 0.2) is 6.07 Å². The number of phenols is 1. The molecule has 6 nitrogen and oxygen atoms in total. The van der Waals surface area contributed by atoms with Crippen LogP contribution in [0, 0.1) is 17.2 Å². The van der Waals surface area contributed by atoms with E-state index < -0.39 is 46.3 Å². The second kappa shape index (κ2) is 8.70. The highest BCUT2D eigenvalue weighted by molar-refractivity contribution is 6.42. The molecule has 0 aliphatic heterocycles. The van der Waals surface area contributed by atoms with Gasteiger partial charge >= 0.3 is 6.09 Å². The van der Waals surface area contributed by atoms with Crippen molar-refractivity contribution in [1.82, 2.24) is 10.6 Å². The van der Waals surface area contributed by atoms with E-state index in [-0.39, 0.29) is 34.0 Å². The van der Waals surface area contributed by atoms with Crippen LogP contribution >= 0.6 is 23.2 Å². The van der Waals surface area contributed by atoms with Crippen molar-refractivity contribution in [2.24, 2.45) is 11.3 Å². The van der Waals surface area contributed by atoms with Gasteiger partial charge in [0.2, 0.25) is 5.91 Å². The summed E-state index contributed by atoms with van der Waals surface area (Å²) in [5.41, 5.74) is -2.79. The van der Waals surface area contributed by atoms with Crippen LogP contribution in [0.2, 0.25) is 10.0 Å². The number of alkyl halides is 1. The number of fused-ring (bicyclic) bond motifs is 2. The molecule has 0 unspecified atom stereocenters. The Morgan fingerprint density at radius 1 is 1.21 bits per heavy atom. The van der Waals surface area contributed by atoms with Gasteiger partial charge in [0.05, 0.1) is 16.1 Å². The van der Waals surface area contributed by atoms with Crippen LogP contribution in [0.4, 0.5) is 13.6 Å². The number of hydrogen-bond acceptors (Lipinski definition) is 4. The second-order valence-corrected chi connectivity index (χ2v) is 11.8. The molecule has 3 aliphatic rings. The van der Waals surface area contributed by atoms with E-state index in [1.807, 2.05) is 0 Å². The van der Waals surface area contributed by atoms with Gasteiger partial charge in [0.15, 0.2) is 11.6 Å². The van der Waals surface area contributed by atoms with E-state index in [0.29, 0.717) is 38.5 Å². The van der Waals surface area contributed by atoms with Crippen LogP contribution in [0.5, 0.6) is 5.75 Å². The van der Waals surface area contributed by atoms with Gasteiger partial charge in [0, 0.05) is 23.6 Å². The molecule has 4 rings (SSSR count). The van der Waals surface area contributed by atoms with E-state index >= 15 is 8.78 Å². The zero-order valence-electron chi connectivity index (χ0n) is 19.4. The molecule has 0 radical (unpaired) electrons. The average molecular weight is 519 g/mol. The van der Waals surface area contributed by atoms with Gasteiger partial charge in [0.25, 0.3) is 0 Å². The number of phenolic OH excluding ortho intramolecular Hbond substituents is 1. The lowest BCUT2D eigenvalue weighted by atomic mass is 9.73. The van der Waals surface area contributed by atoms with Gasteiger partial charge in [0.1, 0.15) is 11.3 Å². The smallest absolute Gasteiger partial charge is 0.407 e. The molecule has 0 heterocycles. The average Bonchev–Trinajstić information content (AvgIpc) is 3.21. The van der Waals surface area contributed by atoms with Gasteiger partial charge in [-0.25, -0.2) is 13.6 Å². The first kappa shape index (κ1) is 25.3. The molecule has 0 saturated heterocycles. The van der Waals surface area contributed by atoms with Crippen LogP contribution < -0.4 is 10.6 Å². The number of amides is 2. The van der Waals surface area contributed by atoms with Crippen molar-refractivity contribution in [3.8, 4) is 5.75 Å². The van der Waals surface area contributed by atoms with Gasteiger partial charge in [-0.3, -0.25) is 4.79 Å². The monoisotopic (exact) mass is 518 g/mol. The maximum Gasteiger partial charge on any atom is 0.407 e. The minimum absolute atomic E-state index is 0.0426. The van der Waals surface area contributed by atoms with Crippen molar-refractivity contribution in [1.29, 1.82) is 0 Å². The molecule has 2 bridgehead atoms. The standard InChI is InChI=1S/C24H30Cl2F2N2O4/c1-22(2,3)34-21(33)29-13-8-12(9-13)20(32)30-19(23-4-6-24(28,11-23)7-5-23)16-17(26)14(25)10-15(31)18(16)27/h10,12-13,19,31H,4-9,11H2,1-3H3,(H,29,33)(H,30,32)/t12?,13?,19-,23?,24?/m1/s1. The van der Waals surface area contributed by atoms with Crippen LogP contribution in [0.3, 0.4) is 0 Å². The lowest BCUT2D eigenvalue weighted by molar-refractivity contribution is -0.130. The molecular formula is C24H30Cl2F2N2O4. The third kappa shape index (κ3) is 4.81. The lowest BCUT2D eigenvalue weighted by Gasteiger charge is -2.40. The van der Waals surface area contributed by atoms with Crippen molar-refractivity contribution >= 4 is 35.2 Å². The number of alkyl carbamates (subject to hydrolysis) is 1. The van der Waals surface area contributed by atoms with Crippen molar-refractivity contribution in [3.63, 3.8) is 0 Å². The van der Waals surface area contributed by atoms with Gasteiger partial charge < -0.3 is 20.5 Å². The molecule has 1 aromatic carbocycles. The van der Waals surface area contributed by atoms with Crippen molar-refractivity contribution < 1.29 is 28.2 Å². The van der Waals surface area contributed by atoms with Crippen LogP contribution in [-0.4, -0.2) is 34.4 Å².